The molecule has 0 bridgehead atoms. The van der Waals surface area contributed by atoms with Crippen molar-refractivity contribution in [2.24, 2.45) is 0 Å². The molecule has 0 amide bonds. The third kappa shape index (κ3) is 5.31. The molecule has 15 nitrogen and oxygen atoms in total. The number of hydrogen-bond donors (Lipinski definition) is 8. The molecule has 2 aromatic rings. The van der Waals surface area contributed by atoms with Gasteiger partial charge in [-0.1, -0.05) is 12.1 Å². The largest absolute Gasteiger partial charge is 0.507 e. The summed E-state index contributed by atoms with van der Waals surface area (Å²) in [6, 6.07) is 3.53. The molecule has 6 rings (SSSR count). The number of benzene rings is 2. The van der Waals surface area contributed by atoms with E-state index in [0.29, 0.717) is 0 Å². The number of phenolic OH excluding ortho intramolecular Hbond substituents is 2. The molecule has 2 aliphatic heterocycles. The average Bonchev–Trinajstić information content (AvgIpc) is 3.29. The van der Waals surface area contributed by atoms with Crippen LogP contribution < -0.4 is 10.1 Å². The number of aliphatic hydroxyl groups is 5. The predicted molar refractivity (Wildman–Crippen MR) is 157 cm³/mol. The van der Waals surface area contributed by atoms with Crippen molar-refractivity contribution in [2.75, 3.05) is 20.3 Å². The van der Waals surface area contributed by atoms with Gasteiger partial charge in [0.1, 0.15) is 35.1 Å². The zero-order valence-corrected chi connectivity index (χ0v) is 25.8. The maximum Gasteiger partial charge on any atom is 0.207 e. The third-order valence-electron chi connectivity index (χ3n) is 9.70. The Balaban J connectivity index is 1.36. The number of hydrogen-bond acceptors (Lipinski definition) is 15. The molecule has 254 valence electrons. The zero-order valence-electron chi connectivity index (χ0n) is 25.8. The summed E-state index contributed by atoms with van der Waals surface area (Å²) < 4.78 is 22.5. The summed E-state index contributed by atoms with van der Waals surface area (Å²) >= 11 is 0. The van der Waals surface area contributed by atoms with Gasteiger partial charge in [0.05, 0.1) is 55.3 Å². The molecule has 15 heteroatoms. The number of ether oxygens (including phenoxy) is 4. The van der Waals surface area contributed by atoms with Crippen LogP contribution in [0.2, 0.25) is 0 Å². The molecular weight excluding hydrogens is 622 g/mol. The Kier molecular flexibility index (Phi) is 8.44. The highest BCUT2D eigenvalue weighted by molar-refractivity contribution is 6.31. The van der Waals surface area contributed by atoms with Crippen LogP contribution in [-0.2, 0) is 25.4 Å². The summed E-state index contributed by atoms with van der Waals surface area (Å²) in [7, 11) is 1.32. The fourth-order valence-electron chi connectivity index (χ4n) is 6.97. The lowest BCUT2D eigenvalue weighted by molar-refractivity contribution is -0.254. The highest BCUT2D eigenvalue weighted by atomic mass is 16.7. The van der Waals surface area contributed by atoms with E-state index in [4.69, 9.17) is 18.9 Å². The number of ketones is 3. The lowest BCUT2D eigenvalue weighted by Crippen LogP contribution is -2.59. The molecule has 0 aromatic heterocycles. The number of carbonyl (C=O) groups is 3. The Morgan fingerprint density at radius 2 is 1.77 bits per heavy atom. The molecule has 0 unspecified atom stereocenters. The second-order valence-electron chi connectivity index (χ2n) is 12.6. The quantitative estimate of drug-likeness (QED) is 0.143. The van der Waals surface area contributed by atoms with Gasteiger partial charge < -0.3 is 60.0 Å². The SMILES string of the molecule is COc1cccc2c1C(=O)c1c(O)c3c(c(O)c1C2=O)C[C@@](O)(C(C)=O)C[C@H]3O[C@H]1C[C@@H](NC[C@@]2(O)OC[C@@H](O)[C@H]2O)[C@H](O)[C@@H](C)O1. The first-order valence-corrected chi connectivity index (χ1v) is 15.2. The van der Waals surface area contributed by atoms with Crippen LogP contribution in [0.4, 0.5) is 0 Å². The van der Waals surface area contributed by atoms with Gasteiger partial charge in [-0.3, -0.25) is 14.4 Å². The number of aliphatic hydroxyl groups excluding tert-OH is 3. The summed E-state index contributed by atoms with van der Waals surface area (Å²) in [6.07, 6.45) is -8.48. The second-order valence-corrected chi connectivity index (χ2v) is 12.6. The molecular formula is C32H37NO14. The topological polar surface area (TPSA) is 242 Å². The number of aromatic hydroxyl groups is 2. The molecule has 2 heterocycles. The lowest BCUT2D eigenvalue weighted by Gasteiger charge is -2.43. The van der Waals surface area contributed by atoms with E-state index in [1.54, 1.807) is 6.92 Å². The van der Waals surface area contributed by atoms with Gasteiger partial charge in [-0.2, -0.15) is 0 Å². The smallest absolute Gasteiger partial charge is 0.207 e. The Morgan fingerprint density at radius 1 is 1.06 bits per heavy atom. The van der Waals surface area contributed by atoms with Gasteiger partial charge in [0.25, 0.3) is 0 Å². The van der Waals surface area contributed by atoms with Gasteiger partial charge in [-0.05, 0) is 19.9 Å². The first-order valence-electron chi connectivity index (χ1n) is 15.2. The summed E-state index contributed by atoms with van der Waals surface area (Å²) in [5, 5.41) is 78.9. The number of fused-ring (bicyclic) bond motifs is 3. The minimum absolute atomic E-state index is 0.0571. The van der Waals surface area contributed by atoms with Crippen LogP contribution in [0.1, 0.15) is 75.8 Å². The first kappa shape index (κ1) is 33.4. The van der Waals surface area contributed by atoms with E-state index < -0.39 is 107 Å². The molecule has 47 heavy (non-hydrogen) atoms. The molecule has 0 saturated carbocycles. The fraction of sp³-hybridized carbons (Fsp3) is 0.531. The first-order chi connectivity index (χ1) is 22.1. The molecule has 9 atom stereocenters. The van der Waals surface area contributed by atoms with Gasteiger partial charge in [-0.25, -0.2) is 0 Å². The Hall–Kier alpha value is -3.51. The molecule has 2 aliphatic carbocycles. The van der Waals surface area contributed by atoms with Gasteiger partial charge in [0.2, 0.25) is 11.6 Å². The van der Waals surface area contributed by atoms with Crippen LogP contribution in [0.3, 0.4) is 0 Å². The van der Waals surface area contributed by atoms with Crippen molar-refractivity contribution >= 4 is 17.3 Å². The van der Waals surface area contributed by atoms with Crippen LogP contribution in [-0.4, -0.2) is 121 Å². The summed E-state index contributed by atoms with van der Waals surface area (Å²) in [5.41, 5.74) is -3.50. The number of phenols is 2. The van der Waals surface area contributed by atoms with Crippen molar-refractivity contribution in [3.05, 3.63) is 51.6 Å². The number of rotatable bonds is 7. The molecule has 8 N–H and O–H groups in total. The number of methoxy groups -OCH3 is 1. The second kappa shape index (κ2) is 11.9. The van der Waals surface area contributed by atoms with Crippen LogP contribution in [0.5, 0.6) is 17.2 Å². The minimum atomic E-state index is -2.13. The molecule has 0 radical (unpaired) electrons. The third-order valence-corrected chi connectivity index (χ3v) is 9.70. The van der Waals surface area contributed by atoms with E-state index in [9.17, 15) is 50.1 Å². The van der Waals surface area contributed by atoms with Crippen molar-refractivity contribution in [1.29, 1.82) is 0 Å². The molecule has 2 aromatic carbocycles. The van der Waals surface area contributed by atoms with Crippen molar-refractivity contribution in [3.63, 3.8) is 0 Å². The number of nitrogens with one attached hydrogen (secondary N) is 1. The summed E-state index contributed by atoms with van der Waals surface area (Å²) in [6.45, 7) is 2.00. The monoisotopic (exact) mass is 659 g/mol. The summed E-state index contributed by atoms with van der Waals surface area (Å²) in [5.74, 6) is -5.65. The minimum Gasteiger partial charge on any atom is -0.507 e. The Bertz CT molecular complexity index is 1640. The number of carbonyl (C=O) groups excluding carboxylic acids is 3. The van der Waals surface area contributed by atoms with Gasteiger partial charge in [0, 0.05) is 42.0 Å². The fourth-order valence-corrected chi connectivity index (χ4v) is 6.97. The van der Waals surface area contributed by atoms with E-state index in [1.807, 2.05) is 0 Å². The van der Waals surface area contributed by atoms with Crippen molar-refractivity contribution < 1.29 is 69.1 Å². The Labute approximate surface area is 268 Å². The molecule has 2 fully saturated rings. The van der Waals surface area contributed by atoms with Crippen LogP contribution in [0.25, 0.3) is 0 Å². The highest BCUT2D eigenvalue weighted by Crippen LogP contribution is 2.52. The van der Waals surface area contributed by atoms with E-state index >= 15 is 0 Å². The van der Waals surface area contributed by atoms with Crippen molar-refractivity contribution in [3.8, 4) is 17.2 Å². The van der Waals surface area contributed by atoms with Crippen LogP contribution in [0, 0.1) is 0 Å². The van der Waals surface area contributed by atoms with E-state index in [0.717, 1.165) is 6.92 Å². The van der Waals surface area contributed by atoms with Gasteiger partial charge >= 0.3 is 0 Å². The lowest BCUT2D eigenvalue weighted by atomic mass is 9.72. The standard InChI is InChI=1S/C32H37NO14/c1-12-25(36)16(33-11-32(43)30(41)17(35)10-45-32)7-20(46-12)47-19-9-31(42,13(2)34)8-15-22(19)29(40)24-23(27(15)38)26(37)14-5-4-6-18(44-3)21(14)28(24)39/h4-6,12,16-17,19-20,25,30,33,35-36,38,40-43H,7-11H2,1-3H3/t12-,16-,17-,19-,20+,25-,30-,31+,32-/m1/s1. The van der Waals surface area contributed by atoms with E-state index in [1.165, 1.54) is 25.3 Å². The van der Waals surface area contributed by atoms with E-state index in [2.05, 4.69) is 5.32 Å². The maximum absolute atomic E-state index is 13.8. The van der Waals surface area contributed by atoms with Crippen molar-refractivity contribution in [1.82, 2.24) is 5.32 Å². The van der Waals surface area contributed by atoms with Crippen molar-refractivity contribution in [2.45, 2.75) is 87.3 Å². The van der Waals surface area contributed by atoms with Gasteiger partial charge in [-0.15, -0.1) is 0 Å². The highest BCUT2D eigenvalue weighted by Gasteiger charge is 2.51. The van der Waals surface area contributed by atoms with Gasteiger partial charge in [0.15, 0.2) is 17.9 Å². The molecule has 0 spiro atoms. The molecule has 4 aliphatic rings. The maximum atomic E-state index is 13.8. The number of Topliss-reactive ketones (excluding diaryl/α,β-unsaturated/α-hetero) is 1. The Morgan fingerprint density at radius 3 is 2.40 bits per heavy atom. The summed E-state index contributed by atoms with van der Waals surface area (Å²) in [4.78, 5) is 40.2. The van der Waals surface area contributed by atoms with Crippen LogP contribution >= 0.6 is 0 Å². The van der Waals surface area contributed by atoms with Crippen LogP contribution in [0.15, 0.2) is 18.2 Å². The zero-order chi connectivity index (χ0) is 34.2. The molecule has 2 saturated heterocycles. The van der Waals surface area contributed by atoms with E-state index in [-0.39, 0.29) is 47.6 Å². The normalized spacial score (nSPS) is 34.9. The average molecular weight is 660 g/mol. The predicted octanol–water partition coefficient (Wildman–Crippen LogP) is -0.900.